The first-order valence-electron chi connectivity index (χ1n) is 6.58. The van der Waals surface area contributed by atoms with Crippen molar-refractivity contribution in [2.75, 3.05) is 13.7 Å². The molecule has 1 aromatic carbocycles. The summed E-state index contributed by atoms with van der Waals surface area (Å²) in [6, 6.07) is 3.70. The molecule has 1 aromatic rings. The van der Waals surface area contributed by atoms with E-state index in [2.05, 4.69) is 12.2 Å². The van der Waals surface area contributed by atoms with Crippen LogP contribution in [-0.2, 0) is 4.74 Å². The lowest BCUT2D eigenvalue weighted by molar-refractivity contribution is 0.117. The van der Waals surface area contributed by atoms with Gasteiger partial charge in [0, 0.05) is 17.5 Å². The Kier molecular flexibility index (Phi) is 4.03. The van der Waals surface area contributed by atoms with Gasteiger partial charge in [-0.15, -0.1) is 0 Å². The highest BCUT2D eigenvalue weighted by molar-refractivity contribution is 5.35. The van der Waals surface area contributed by atoms with Crippen LogP contribution in [0.1, 0.15) is 36.1 Å². The van der Waals surface area contributed by atoms with Crippen molar-refractivity contribution in [1.82, 2.24) is 5.32 Å². The second-order valence-corrected chi connectivity index (χ2v) is 5.38. The van der Waals surface area contributed by atoms with Gasteiger partial charge in [0.15, 0.2) is 0 Å². The van der Waals surface area contributed by atoms with Crippen LogP contribution in [-0.4, -0.2) is 19.8 Å². The molecule has 3 heteroatoms. The Labute approximate surface area is 109 Å². The average Bonchev–Trinajstić information content (AvgIpc) is 2.69. The van der Waals surface area contributed by atoms with Gasteiger partial charge in [-0.25, -0.2) is 4.39 Å². The molecule has 3 atom stereocenters. The van der Waals surface area contributed by atoms with Crippen LogP contribution >= 0.6 is 0 Å². The van der Waals surface area contributed by atoms with Gasteiger partial charge in [-0.1, -0.05) is 6.07 Å². The van der Waals surface area contributed by atoms with Gasteiger partial charge in [-0.3, -0.25) is 0 Å². The third kappa shape index (κ3) is 2.57. The number of hydrogen-bond donors (Lipinski definition) is 1. The first-order valence-corrected chi connectivity index (χ1v) is 6.58. The van der Waals surface area contributed by atoms with Crippen LogP contribution in [0.2, 0.25) is 0 Å². The van der Waals surface area contributed by atoms with Crippen LogP contribution in [0.15, 0.2) is 12.1 Å². The smallest absolute Gasteiger partial charge is 0.128 e. The Balaban J connectivity index is 2.33. The molecule has 0 spiro atoms. The van der Waals surface area contributed by atoms with E-state index in [9.17, 15) is 4.39 Å². The fourth-order valence-corrected chi connectivity index (χ4v) is 3.02. The van der Waals surface area contributed by atoms with Gasteiger partial charge in [0.05, 0.1) is 12.7 Å². The van der Waals surface area contributed by atoms with E-state index in [4.69, 9.17) is 4.74 Å². The van der Waals surface area contributed by atoms with Crippen molar-refractivity contribution in [3.05, 3.63) is 34.6 Å². The lowest BCUT2D eigenvalue weighted by atomic mass is 9.88. The summed E-state index contributed by atoms with van der Waals surface area (Å²) in [6.45, 7) is 6.69. The molecule has 2 rings (SSSR count). The number of nitrogens with one attached hydrogen (secondary N) is 1. The molecule has 3 unspecified atom stereocenters. The molecule has 1 heterocycles. The summed E-state index contributed by atoms with van der Waals surface area (Å²) in [6.07, 6.45) is 1.26. The number of aryl methyl sites for hydroxylation is 2. The van der Waals surface area contributed by atoms with Crippen LogP contribution in [0, 0.1) is 25.6 Å². The van der Waals surface area contributed by atoms with E-state index in [-0.39, 0.29) is 18.0 Å². The zero-order valence-corrected chi connectivity index (χ0v) is 11.6. The van der Waals surface area contributed by atoms with E-state index in [1.165, 1.54) is 0 Å². The summed E-state index contributed by atoms with van der Waals surface area (Å²) in [5, 5.41) is 3.26. The van der Waals surface area contributed by atoms with Crippen molar-refractivity contribution in [2.45, 2.75) is 39.3 Å². The minimum atomic E-state index is -0.105. The average molecular weight is 251 g/mol. The van der Waals surface area contributed by atoms with E-state index in [1.807, 2.05) is 27.0 Å². The van der Waals surface area contributed by atoms with Crippen LogP contribution in [0.5, 0.6) is 0 Å². The van der Waals surface area contributed by atoms with Crippen molar-refractivity contribution in [1.29, 1.82) is 0 Å². The number of halogens is 1. The molecule has 1 N–H and O–H groups in total. The predicted octanol–water partition coefficient (Wildman–Crippen LogP) is 3.13. The highest BCUT2D eigenvalue weighted by Gasteiger charge is 2.32. The van der Waals surface area contributed by atoms with Gasteiger partial charge < -0.3 is 10.1 Å². The van der Waals surface area contributed by atoms with Crippen molar-refractivity contribution < 1.29 is 9.13 Å². The normalized spacial score (nSPS) is 25.4. The summed E-state index contributed by atoms with van der Waals surface area (Å²) < 4.78 is 19.8. The summed E-state index contributed by atoms with van der Waals surface area (Å²) in [7, 11) is 1.90. The molecule has 2 nitrogen and oxygen atoms in total. The number of hydrogen-bond acceptors (Lipinski definition) is 2. The molecular weight excluding hydrogens is 229 g/mol. The van der Waals surface area contributed by atoms with Gasteiger partial charge in [0.25, 0.3) is 0 Å². The van der Waals surface area contributed by atoms with Crippen molar-refractivity contribution in [2.24, 2.45) is 5.92 Å². The summed E-state index contributed by atoms with van der Waals surface area (Å²) >= 11 is 0. The standard InChI is InChI=1S/C15H22FNO/c1-9-5-10(2)14(13(16)6-9)15(17-4)12-7-11(3)18-8-12/h5-6,11-12,15,17H,7-8H2,1-4H3. The minimum absolute atomic E-state index is 0.0375. The van der Waals surface area contributed by atoms with E-state index < -0.39 is 0 Å². The highest BCUT2D eigenvalue weighted by atomic mass is 19.1. The molecular formula is C15H22FNO. The third-order valence-electron chi connectivity index (χ3n) is 3.80. The van der Waals surface area contributed by atoms with Crippen LogP contribution in [0.25, 0.3) is 0 Å². The van der Waals surface area contributed by atoms with E-state index >= 15 is 0 Å². The SMILES string of the molecule is CNC(c1c(C)cc(C)cc1F)C1COC(C)C1. The molecule has 0 aliphatic carbocycles. The minimum Gasteiger partial charge on any atom is -0.378 e. The first-order chi connectivity index (χ1) is 8.52. The Bertz CT molecular complexity index is 409. The number of ether oxygens (including phenoxy) is 1. The lowest BCUT2D eigenvalue weighted by Crippen LogP contribution is -2.27. The van der Waals surface area contributed by atoms with Crippen LogP contribution < -0.4 is 5.32 Å². The number of rotatable bonds is 3. The Morgan fingerprint density at radius 1 is 1.39 bits per heavy atom. The van der Waals surface area contributed by atoms with Gasteiger partial charge in [0.2, 0.25) is 0 Å². The maximum absolute atomic E-state index is 14.2. The van der Waals surface area contributed by atoms with E-state index in [0.29, 0.717) is 12.5 Å². The quantitative estimate of drug-likeness (QED) is 0.891. The second-order valence-electron chi connectivity index (χ2n) is 5.38. The topological polar surface area (TPSA) is 21.3 Å². The van der Waals surface area contributed by atoms with Crippen molar-refractivity contribution in [3.8, 4) is 0 Å². The molecule has 0 radical (unpaired) electrons. The van der Waals surface area contributed by atoms with Gasteiger partial charge >= 0.3 is 0 Å². The molecule has 0 bridgehead atoms. The first kappa shape index (κ1) is 13.5. The van der Waals surface area contributed by atoms with E-state index in [0.717, 1.165) is 23.1 Å². The summed E-state index contributed by atoms with van der Waals surface area (Å²) in [4.78, 5) is 0. The van der Waals surface area contributed by atoms with Gasteiger partial charge in [-0.05, 0) is 51.4 Å². The van der Waals surface area contributed by atoms with E-state index in [1.54, 1.807) is 6.07 Å². The van der Waals surface area contributed by atoms with Crippen molar-refractivity contribution >= 4 is 0 Å². The summed E-state index contributed by atoms with van der Waals surface area (Å²) in [5.74, 6) is 0.243. The van der Waals surface area contributed by atoms with Gasteiger partial charge in [-0.2, -0.15) is 0 Å². The van der Waals surface area contributed by atoms with Crippen molar-refractivity contribution in [3.63, 3.8) is 0 Å². The largest absolute Gasteiger partial charge is 0.378 e. The molecule has 100 valence electrons. The molecule has 0 amide bonds. The lowest BCUT2D eigenvalue weighted by Gasteiger charge is -2.25. The maximum atomic E-state index is 14.2. The molecule has 0 aromatic heterocycles. The zero-order valence-electron chi connectivity index (χ0n) is 11.6. The molecule has 1 aliphatic rings. The Morgan fingerprint density at radius 2 is 2.11 bits per heavy atom. The molecule has 1 fully saturated rings. The second kappa shape index (κ2) is 5.37. The van der Waals surface area contributed by atoms with Crippen LogP contribution in [0.3, 0.4) is 0 Å². The fraction of sp³-hybridized carbons (Fsp3) is 0.600. The van der Waals surface area contributed by atoms with Crippen LogP contribution in [0.4, 0.5) is 4.39 Å². The summed E-state index contributed by atoms with van der Waals surface area (Å²) in [5.41, 5.74) is 2.79. The highest BCUT2D eigenvalue weighted by Crippen LogP contribution is 2.34. The molecule has 0 saturated carbocycles. The Morgan fingerprint density at radius 3 is 2.61 bits per heavy atom. The zero-order chi connectivity index (χ0) is 13.3. The molecule has 18 heavy (non-hydrogen) atoms. The third-order valence-corrected chi connectivity index (χ3v) is 3.80. The van der Waals surface area contributed by atoms with Gasteiger partial charge in [0.1, 0.15) is 5.82 Å². The number of benzene rings is 1. The molecule has 1 saturated heterocycles. The fourth-order valence-electron chi connectivity index (χ4n) is 3.02. The maximum Gasteiger partial charge on any atom is 0.128 e. The molecule has 1 aliphatic heterocycles. The Hall–Kier alpha value is -0.930. The predicted molar refractivity (Wildman–Crippen MR) is 71.2 cm³/mol. The monoisotopic (exact) mass is 251 g/mol.